The molecule has 2 aromatic rings. The predicted molar refractivity (Wildman–Crippen MR) is 103 cm³/mol. The van der Waals surface area contributed by atoms with Crippen molar-refractivity contribution in [1.82, 2.24) is 9.88 Å². The molecule has 1 atom stereocenters. The number of pyridine rings is 1. The summed E-state index contributed by atoms with van der Waals surface area (Å²) in [5.41, 5.74) is 0.540. The fourth-order valence-corrected chi connectivity index (χ4v) is 3.23. The molecule has 0 radical (unpaired) electrons. The van der Waals surface area contributed by atoms with Crippen molar-refractivity contribution in [2.45, 2.75) is 13.0 Å². The molecule has 0 saturated carbocycles. The van der Waals surface area contributed by atoms with Crippen LogP contribution in [0.5, 0.6) is 0 Å². The molecule has 1 aromatic heterocycles. The van der Waals surface area contributed by atoms with E-state index >= 15 is 0 Å². The Bertz CT molecular complexity index is 733. The molecule has 2 heterocycles. The van der Waals surface area contributed by atoms with Crippen molar-refractivity contribution < 1.29 is 4.79 Å². The maximum absolute atomic E-state index is 12.5. The summed E-state index contributed by atoms with van der Waals surface area (Å²) >= 11 is 12.1. The highest BCUT2D eigenvalue weighted by molar-refractivity contribution is 6.44. The Morgan fingerprint density at radius 3 is 2.56 bits per heavy atom. The van der Waals surface area contributed by atoms with Gasteiger partial charge < -0.3 is 10.2 Å². The second-order valence-corrected chi connectivity index (χ2v) is 6.76. The molecule has 0 bridgehead atoms. The van der Waals surface area contributed by atoms with Crippen LogP contribution in [0.2, 0.25) is 10.0 Å². The summed E-state index contributed by atoms with van der Waals surface area (Å²) in [7, 11) is 0. The molecule has 132 valence electrons. The molecule has 1 saturated heterocycles. The first kappa shape index (κ1) is 18.0. The van der Waals surface area contributed by atoms with E-state index in [-0.39, 0.29) is 11.9 Å². The number of carbonyl (C=O) groups excluding carboxylic acids is 1. The first-order valence-corrected chi connectivity index (χ1v) is 8.97. The maximum atomic E-state index is 12.5. The summed E-state index contributed by atoms with van der Waals surface area (Å²) in [5.74, 6) is 0.889. The number of hydrogen-bond donors (Lipinski definition) is 1. The third-order valence-corrected chi connectivity index (χ3v) is 5.24. The van der Waals surface area contributed by atoms with Gasteiger partial charge in [-0.2, -0.15) is 0 Å². The van der Waals surface area contributed by atoms with Gasteiger partial charge >= 0.3 is 0 Å². The Balaban J connectivity index is 1.58. The predicted octanol–water partition coefficient (Wildman–Crippen LogP) is 3.54. The zero-order valence-corrected chi connectivity index (χ0v) is 15.5. The Kier molecular flexibility index (Phi) is 5.78. The van der Waals surface area contributed by atoms with Crippen LogP contribution in [0.1, 0.15) is 6.92 Å². The van der Waals surface area contributed by atoms with E-state index in [1.165, 1.54) is 0 Å². The standard InChI is InChI=1S/C18H20Cl2N4O/c1-13(18(25)22-15-6-4-5-14(19)17(15)20)23-9-11-24(12-10-23)16-7-2-3-8-21-16/h2-8,13H,9-12H2,1H3,(H,22,25)/t13-/m0/s1. The summed E-state index contributed by atoms with van der Waals surface area (Å²) in [6, 6.07) is 10.9. The van der Waals surface area contributed by atoms with E-state index in [9.17, 15) is 4.79 Å². The van der Waals surface area contributed by atoms with Crippen molar-refractivity contribution in [3.05, 3.63) is 52.6 Å². The minimum Gasteiger partial charge on any atom is -0.354 e. The number of hydrogen-bond acceptors (Lipinski definition) is 4. The highest BCUT2D eigenvalue weighted by Crippen LogP contribution is 2.29. The Labute approximate surface area is 157 Å². The lowest BCUT2D eigenvalue weighted by Gasteiger charge is -2.38. The molecule has 7 heteroatoms. The number of nitrogens with one attached hydrogen (secondary N) is 1. The van der Waals surface area contributed by atoms with E-state index in [0.29, 0.717) is 15.7 Å². The molecule has 25 heavy (non-hydrogen) atoms. The molecule has 0 aliphatic carbocycles. The fourth-order valence-electron chi connectivity index (χ4n) is 2.88. The van der Waals surface area contributed by atoms with Crippen molar-refractivity contribution in [3.63, 3.8) is 0 Å². The summed E-state index contributed by atoms with van der Waals surface area (Å²) in [6.07, 6.45) is 1.80. The highest BCUT2D eigenvalue weighted by Gasteiger charge is 2.26. The molecule has 1 N–H and O–H groups in total. The van der Waals surface area contributed by atoms with Gasteiger partial charge in [-0.25, -0.2) is 4.98 Å². The summed E-state index contributed by atoms with van der Waals surface area (Å²) < 4.78 is 0. The largest absolute Gasteiger partial charge is 0.354 e. The molecule has 1 aromatic carbocycles. The smallest absolute Gasteiger partial charge is 0.241 e. The van der Waals surface area contributed by atoms with E-state index in [0.717, 1.165) is 32.0 Å². The van der Waals surface area contributed by atoms with Crippen molar-refractivity contribution in [1.29, 1.82) is 0 Å². The number of piperazine rings is 1. The highest BCUT2D eigenvalue weighted by atomic mass is 35.5. The number of carbonyl (C=O) groups is 1. The topological polar surface area (TPSA) is 48.5 Å². The van der Waals surface area contributed by atoms with Gasteiger partial charge in [-0.15, -0.1) is 0 Å². The number of amides is 1. The maximum Gasteiger partial charge on any atom is 0.241 e. The second kappa shape index (κ2) is 8.04. The Hall–Kier alpha value is -1.82. The van der Waals surface area contributed by atoms with Crippen molar-refractivity contribution in [2.24, 2.45) is 0 Å². The minimum atomic E-state index is -0.249. The third-order valence-electron chi connectivity index (χ3n) is 4.42. The third kappa shape index (κ3) is 4.24. The van der Waals surface area contributed by atoms with Crippen LogP contribution in [0.25, 0.3) is 0 Å². The van der Waals surface area contributed by atoms with Gasteiger partial charge in [0.2, 0.25) is 5.91 Å². The van der Waals surface area contributed by atoms with Gasteiger partial charge in [0.25, 0.3) is 0 Å². The van der Waals surface area contributed by atoms with E-state index < -0.39 is 0 Å². The number of rotatable bonds is 4. The lowest BCUT2D eigenvalue weighted by atomic mass is 10.2. The second-order valence-electron chi connectivity index (χ2n) is 5.98. The van der Waals surface area contributed by atoms with Crippen LogP contribution in [0.15, 0.2) is 42.6 Å². The average Bonchev–Trinajstić information content (AvgIpc) is 2.65. The summed E-state index contributed by atoms with van der Waals surface area (Å²) in [6.45, 7) is 5.19. The van der Waals surface area contributed by atoms with E-state index in [1.54, 1.807) is 24.4 Å². The van der Waals surface area contributed by atoms with Crippen LogP contribution < -0.4 is 10.2 Å². The number of aromatic nitrogens is 1. The quantitative estimate of drug-likeness (QED) is 0.883. The van der Waals surface area contributed by atoms with Gasteiger partial charge in [-0.1, -0.05) is 35.3 Å². The van der Waals surface area contributed by atoms with E-state index in [4.69, 9.17) is 23.2 Å². The van der Waals surface area contributed by atoms with E-state index in [2.05, 4.69) is 20.1 Å². The van der Waals surface area contributed by atoms with Gasteiger partial charge in [0.1, 0.15) is 5.82 Å². The Morgan fingerprint density at radius 2 is 1.88 bits per heavy atom. The molecule has 1 amide bonds. The van der Waals surface area contributed by atoms with Crippen molar-refractivity contribution in [2.75, 3.05) is 36.4 Å². The fraction of sp³-hybridized carbons (Fsp3) is 0.333. The molecule has 5 nitrogen and oxygen atoms in total. The first-order chi connectivity index (χ1) is 12.1. The molecular weight excluding hydrogens is 359 g/mol. The van der Waals surface area contributed by atoms with Gasteiger partial charge in [-0.3, -0.25) is 9.69 Å². The van der Waals surface area contributed by atoms with Crippen LogP contribution in [-0.2, 0) is 4.79 Å². The number of benzene rings is 1. The Morgan fingerprint density at radius 1 is 1.12 bits per heavy atom. The molecule has 0 spiro atoms. The zero-order valence-electron chi connectivity index (χ0n) is 14.0. The SMILES string of the molecule is C[C@@H](C(=O)Nc1cccc(Cl)c1Cl)N1CCN(c2ccccn2)CC1. The van der Waals surface area contributed by atoms with Gasteiger partial charge in [-0.05, 0) is 31.2 Å². The summed E-state index contributed by atoms with van der Waals surface area (Å²) in [4.78, 5) is 21.3. The van der Waals surface area contributed by atoms with Crippen LogP contribution in [0.4, 0.5) is 11.5 Å². The first-order valence-electron chi connectivity index (χ1n) is 8.21. The number of nitrogens with zero attached hydrogens (tertiary/aromatic N) is 3. The molecule has 1 aliphatic rings. The number of anilines is 2. The van der Waals surface area contributed by atoms with Crippen LogP contribution in [-0.4, -0.2) is 48.0 Å². The van der Waals surface area contributed by atoms with Gasteiger partial charge in [0.15, 0.2) is 0 Å². The minimum absolute atomic E-state index is 0.0875. The number of halogens is 2. The monoisotopic (exact) mass is 378 g/mol. The van der Waals surface area contributed by atoms with Crippen LogP contribution in [0, 0.1) is 0 Å². The molecule has 1 aliphatic heterocycles. The van der Waals surface area contributed by atoms with Crippen LogP contribution in [0.3, 0.4) is 0 Å². The van der Waals surface area contributed by atoms with Gasteiger partial charge in [0.05, 0.1) is 21.8 Å². The van der Waals surface area contributed by atoms with Crippen molar-refractivity contribution in [3.8, 4) is 0 Å². The lowest BCUT2D eigenvalue weighted by Crippen LogP contribution is -2.53. The molecule has 3 rings (SSSR count). The van der Waals surface area contributed by atoms with Crippen LogP contribution >= 0.6 is 23.2 Å². The van der Waals surface area contributed by atoms with E-state index in [1.807, 2.05) is 25.1 Å². The molecular formula is C18H20Cl2N4O. The van der Waals surface area contributed by atoms with Crippen molar-refractivity contribution >= 4 is 40.6 Å². The molecule has 0 unspecified atom stereocenters. The van der Waals surface area contributed by atoms with Gasteiger partial charge in [0, 0.05) is 32.4 Å². The summed E-state index contributed by atoms with van der Waals surface area (Å²) in [5, 5.41) is 3.66. The average molecular weight is 379 g/mol. The molecule has 1 fully saturated rings. The normalized spacial score (nSPS) is 16.5. The lowest BCUT2D eigenvalue weighted by molar-refractivity contribution is -0.120. The zero-order chi connectivity index (χ0) is 17.8.